The van der Waals surface area contributed by atoms with Gasteiger partial charge in [0.05, 0.1) is 11.4 Å². The number of nitrogens with zero attached hydrogens (tertiary/aromatic N) is 3. The van der Waals surface area contributed by atoms with Crippen molar-refractivity contribution in [3.8, 4) is 5.69 Å². The molecular weight excluding hydrogens is 517 g/mol. The minimum absolute atomic E-state index is 0.0161. The molecule has 1 aromatic heterocycles. The second kappa shape index (κ2) is 9.64. The molecule has 4 rings (SSSR count). The van der Waals surface area contributed by atoms with Crippen molar-refractivity contribution in [3.05, 3.63) is 87.4 Å². The molecule has 0 N–H and O–H groups in total. The molecule has 1 saturated heterocycles. The zero-order chi connectivity index (χ0) is 24.6. The minimum Gasteiger partial charge on any atom is -0.315 e. The van der Waals surface area contributed by atoms with E-state index in [2.05, 4.69) is 15.9 Å². The predicted octanol–water partition coefficient (Wildman–Crippen LogP) is 5.95. The second-order valence-corrected chi connectivity index (χ2v) is 9.31. The van der Waals surface area contributed by atoms with Crippen molar-refractivity contribution in [2.45, 2.75) is 27.2 Å². The van der Waals surface area contributed by atoms with Crippen molar-refractivity contribution in [3.63, 3.8) is 0 Å². The fourth-order valence-corrected chi connectivity index (χ4v) is 4.82. The summed E-state index contributed by atoms with van der Waals surface area (Å²) >= 11 is 8.82. The maximum absolute atomic E-state index is 14.7. The van der Waals surface area contributed by atoms with Crippen LogP contribution in [0.3, 0.4) is 0 Å². The Hall–Kier alpha value is -3.10. The van der Waals surface area contributed by atoms with Crippen LogP contribution >= 0.6 is 28.1 Å². The molecule has 2 amide bonds. The summed E-state index contributed by atoms with van der Waals surface area (Å²) in [6.45, 7) is 6.04. The van der Waals surface area contributed by atoms with Crippen molar-refractivity contribution in [2.24, 2.45) is 0 Å². The van der Waals surface area contributed by atoms with Gasteiger partial charge in [0.15, 0.2) is 5.11 Å². The van der Waals surface area contributed by atoms with E-state index in [1.54, 1.807) is 34.9 Å². The van der Waals surface area contributed by atoms with E-state index in [4.69, 9.17) is 12.2 Å². The number of carbonyl (C=O) groups is 2. The summed E-state index contributed by atoms with van der Waals surface area (Å²) in [4.78, 5) is 29.7. The zero-order valence-electron chi connectivity index (χ0n) is 19.0. The van der Waals surface area contributed by atoms with Crippen LogP contribution in [0.2, 0.25) is 0 Å². The highest BCUT2D eigenvalue weighted by Crippen LogP contribution is 2.29. The van der Waals surface area contributed by atoms with E-state index in [0.717, 1.165) is 5.69 Å². The van der Waals surface area contributed by atoms with E-state index < -0.39 is 11.8 Å². The molecule has 0 aliphatic carbocycles. The Balaban J connectivity index is 1.83. The van der Waals surface area contributed by atoms with E-state index in [1.165, 1.54) is 15.9 Å². The monoisotopic (exact) mass is 539 g/mol. The standard InChI is InChI=1S/C26H23BrFN3O2S/c1-4-12-29-24(32)21(25(33)31(26(29)34)20-8-6-5-7-9-20)14-18-13-16(2)30(17(18)3)23-11-10-19(27)15-22(23)28/h5-11,13-15H,4,12H2,1-3H3/b21-14+. The number of anilines is 1. The van der Waals surface area contributed by atoms with Gasteiger partial charge in [-0.15, -0.1) is 0 Å². The molecule has 0 spiro atoms. The molecular formula is C26H23BrFN3O2S. The molecule has 2 heterocycles. The predicted molar refractivity (Wildman–Crippen MR) is 139 cm³/mol. The Morgan fingerprint density at radius 2 is 1.74 bits per heavy atom. The summed E-state index contributed by atoms with van der Waals surface area (Å²) in [5.74, 6) is -1.29. The molecule has 0 atom stereocenters. The average molecular weight is 540 g/mol. The van der Waals surface area contributed by atoms with E-state index in [0.29, 0.717) is 40.1 Å². The van der Waals surface area contributed by atoms with Crippen molar-refractivity contribution in [1.29, 1.82) is 0 Å². The lowest BCUT2D eigenvalue weighted by Gasteiger charge is -2.36. The molecule has 0 saturated carbocycles. The fourth-order valence-electron chi connectivity index (χ4n) is 4.12. The third-order valence-corrected chi connectivity index (χ3v) is 6.61. The number of hydrogen-bond donors (Lipinski definition) is 0. The summed E-state index contributed by atoms with van der Waals surface area (Å²) in [5, 5.41) is 0.169. The number of amides is 2. The first kappa shape index (κ1) is 24.0. The number of benzene rings is 2. The van der Waals surface area contributed by atoms with Crippen LogP contribution < -0.4 is 4.90 Å². The molecule has 1 aliphatic rings. The van der Waals surface area contributed by atoms with Crippen LogP contribution in [-0.4, -0.2) is 32.9 Å². The van der Waals surface area contributed by atoms with Gasteiger partial charge in [-0.1, -0.05) is 41.1 Å². The number of rotatable bonds is 5. The number of hydrogen-bond acceptors (Lipinski definition) is 3. The quantitative estimate of drug-likeness (QED) is 0.228. The van der Waals surface area contributed by atoms with E-state index in [1.807, 2.05) is 45.0 Å². The van der Waals surface area contributed by atoms with Gasteiger partial charge in [-0.2, -0.15) is 0 Å². The normalized spacial score (nSPS) is 15.6. The average Bonchev–Trinajstić information content (AvgIpc) is 3.08. The van der Waals surface area contributed by atoms with Crippen LogP contribution in [0, 0.1) is 19.7 Å². The maximum atomic E-state index is 14.7. The van der Waals surface area contributed by atoms with Gasteiger partial charge < -0.3 is 4.57 Å². The van der Waals surface area contributed by atoms with Crippen LogP contribution in [0.4, 0.5) is 10.1 Å². The lowest BCUT2D eigenvalue weighted by Crippen LogP contribution is -2.56. The minimum atomic E-state index is -0.479. The molecule has 0 radical (unpaired) electrons. The highest BCUT2D eigenvalue weighted by molar-refractivity contribution is 9.10. The number of thiocarbonyl (C=S) groups is 1. The van der Waals surface area contributed by atoms with Gasteiger partial charge in [0.25, 0.3) is 11.8 Å². The summed E-state index contributed by atoms with van der Waals surface area (Å²) in [5.41, 5.74) is 3.16. The number of para-hydroxylation sites is 1. The summed E-state index contributed by atoms with van der Waals surface area (Å²) in [7, 11) is 0. The third-order valence-electron chi connectivity index (χ3n) is 5.71. The largest absolute Gasteiger partial charge is 0.315 e. The molecule has 174 valence electrons. The Labute approximate surface area is 211 Å². The topological polar surface area (TPSA) is 45.6 Å². The molecule has 0 bridgehead atoms. The SMILES string of the molecule is CCCN1C(=O)/C(=C\c2cc(C)n(-c3ccc(Br)cc3F)c2C)C(=O)N(c2ccccc2)C1=S. The summed E-state index contributed by atoms with van der Waals surface area (Å²) in [6, 6.07) is 15.7. The molecule has 3 aromatic rings. The Kier molecular flexibility index (Phi) is 6.81. The molecule has 34 heavy (non-hydrogen) atoms. The van der Waals surface area contributed by atoms with Gasteiger partial charge in [-0.05, 0) is 80.5 Å². The van der Waals surface area contributed by atoms with Crippen LogP contribution in [-0.2, 0) is 9.59 Å². The first-order chi connectivity index (χ1) is 16.2. The summed E-state index contributed by atoms with van der Waals surface area (Å²) in [6.07, 6.45) is 2.27. The molecule has 1 aliphatic heterocycles. The molecule has 5 nitrogen and oxygen atoms in total. The first-order valence-electron chi connectivity index (χ1n) is 10.9. The highest BCUT2D eigenvalue weighted by atomic mass is 79.9. The Morgan fingerprint density at radius 1 is 1.03 bits per heavy atom. The molecule has 2 aromatic carbocycles. The van der Waals surface area contributed by atoms with Crippen LogP contribution in [0.15, 0.2) is 64.6 Å². The van der Waals surface area contributed by atoms with Gasteiger partial charge in [0.1, 0.15) is 11.4 Å². The van der Waals surface area contributed by atoms with Crippen molar-refractivity contribution >= 4 is 56.8 Å². The zero-order valence-corrected chi connectivity index (χ0v) is 21.4. The fraction of sp³-hybridized carbons (Fsp3) is 0.192. The highest BCUT2D eigenvalue weighted by Gasteiger charge is 2.40. The van der Waals surface area contributed by atoms with Gasteiger partial charge in [-0.25, -0.2) is 4.39 Å². The van der Waals surface area contributed by atoms with Crippen LogP contribution in [0.5, 0.6) is 0 Å². The number of aromatic nitrogens is 1. The third kappa shape index (κ3) is 4.23. The second-order valence-electron chi connectivity index (χ2n) is 8.03. The van der Waals surface area contributed by atoms with Crippen LogP contribution in [0.1, 0.15) is 30.3 Å². The van der Waals surface area contributed by atoms with Crippen molar-refractivity contribution < 1.29 is 14.0 Å². The molecule has 8 heteroatoms. The van der Waals surface area contributed by atoms with Gasteiger partial charge >= 0.3 is 0 Å². The van der Waals surface area contributed by atoms with E-state index in [9.17, 15) is 14.0 Å². The smallest absolute Gasteiger partial charge is 0.270 e. The van der Waals surface area contributed by atoms with Crippen LogP contribution in [0.25, 0.3) is 11.8 Å². The Bertz CT molecular complexity index is 1330. The lowest BCUT2D eigenvalue weighted by atomic mass is 10.1. The van der Waals surface area contributed by atoms with Gasteiger partial charge in [0, 0.05) is 22.4 Å². The van der Waals surface area contributed by atoms with Gasteiger partial charge in [-0.3, -0.25) is 19.4 Å². The van der Waals surface area contributed by atoms with Gasteiger partial charge in [0.2, 0.25) is 0 Å². The van der Waals surface area contributed by atoms with E-state index >= 15 is 0 Å². The first-order valence-corrected chi connectivity index (χ1v) is 12.1. The molecule has 0 unspecified atom stereocenters. The summed E-state index contributed by atoms with van der Waals surface area (Å²) < 4.78 is 17.1. The molecule has 1 fully saturated rings. The maximum Gasteiger partial charge on any atom is 0.270 e. The number of carbonyl (C=O) groups excluding carboxylic acids is 2. The number of aryl methyl sites for hydroxylation is 1. The Morgan fingerprint density at radius 3 is 2.38 bits per heavy atom. The number of halogens is 2. The van der Waals surface area contributed by atoms with Crippen molar-refractivity contribution in [2.75, 3.05) is 11.4 Å². The lowest BCUT2D eigenvalue weighted by molar-refractivity contribution is -0.127. The van der Waals surface area contributed by atoms with Crippen molar-refractivity contribution in [1.82, 2.24) is 9.47 Å². The van der Waals surface area contributed by atoms with E-state index in [-0.39, 0.29) is 16.5 Å².